The van der Waals surface area contributed by atoms with E-state index in [-0.39, 0.29) is 0 Å². The minimum Gasteiger partial charge on any atom is -0.293 e. The fraction of sp³-hybridized carbons (Fsp3) is 0.357. The van der Waals surface area contributed by atoms with Gasteiger partial charge in [0.2, 0.25) is 0 Å². The zero-order valence-electron chi connectivity index (χ0n) is 10.7. The van der Waals surface area contributed by atoms with Crippen LogP contribution in [0.1, 0.15) is 23.2 Å². The van der Waals surface area contributed by atoms with Gasteiger partial charge in [-0.25, -0.2) is 0 Å². The van der Waals surface area contributed by atoms with Crippen molar-refractivity contribution in [3.05, 3.63) is 50.4 Å². The Morgan fingerprint density at radius 2 is 2.11 bits per heavy atom. The minimum atomic E-state index is 0.905. The zero-order chi connectivity index (χ0) is 13.0. The highest BCUT2D eigenvalue weighted by Gasteiger charge is 2.09. The predicted molar refractivity (Wildman–Crippen MR) is 80.8 cm³/mol. The molecule has 18 heavy (non-hydrogen) atoms. The number of hydrogen-bond donors (Lipinski definition) is 0. The number of hydrogen-bond acceptors (Lipinski definition) is 3. The van der Waals surface area contributed by atoms with Gasteiger partial charge >= 0.3 is 0 Å². The summed E-state index contributed by atoms with van der Waals surface area (Å²) in [4.78, 5) is 8.34. The molecule has 0 saturated carbocycles. The lowest BCUT2D eigenvalue weighted by Crippen LogP contribution is -2.22. The second-order valence-corrected chi connectivity index (χ2v) is 6.12. The molecule has 0 bridgehead atoms. The zero-order valence-corrected chi connectivity index (χ0v) is 13.1. The van der Waals surface area contributed by atoms with Crippen LogP contribution in [0, 0.1) is 6.92 Å². The van der Waals surface area contributed by atoms with E-state index in [1.54, 1.807) is 11.3 Å². The quantitative estimate of drug-likeness (QED) is 0.817. The van der Waals surface area contributed by atoms with Crippen molar-refractivity contribution in [3.8, 4) is 0 Å². The van der Waals surface area contributed by atoms with Crippen LogP contribution < -0.4 is 0 Å². The number of rotatable bonds is 5. The topological polar surface area (TPSA) is 16.1 Å². The van der Waals surface area contributed by atoms with Gasteiger partial charge in [0.15, 0.2) is 0 Å². The molecular formula is C14H17BrN2S. The molecule has 0 amide bonds. The molecule has 4 heteroatoms. The van der Waals surface area contributed by atoms with E-state index < -0.39 is 0 Å². The highest BCUT2D eigenvalue weighted by atomic mass is 79.9. The van der Waals surface area contributed by atoms with Crippen molar-refractivity contribution in [3.63, 3.8) is 0 Å². The van der Waals surface area contributed by atoms with E-state index in [1.807, 2.05) is 13.0 Å². The van der Waals surface area contributed by atoms with Gasteiger partial charge in [-0.05, 0) is 53.0 Å². The molecule has 0 aliphatic heterocycles. The fourth-order valence-electron chi connectivity index (χ4n) is 1.84. The molecule has 0 unspecified atom stereocenters. The molecule has 2 heterocycles. The molecular weight excluding hydrogens is 308 g/mol. The summed E-state index contributed by atoms with van der Waals surface area (Å²) in [6.45, 7) is 7.14. The number of thiophene rings is 1. The second kappa shape index (κ2) is 6.45. The van der Waals surface area contributed by atoms with Crippen LogP contribution in [-0.4, -0.2) is 16.4 Å². The summed E-state index contributed by atoms with van der Waals surface area (Å²) in [5.74, 6) is 0. The molecule has 2 rings (SSSR count). The molecule has 0 aliphatic carbocycles. The molecule has 0 aliphatic rings. The average molecular weight is 325 g/mol. The van der Waals surface area contributed by atoms with Gasteiger partial charge < -0.3 is 0 Å². The SMILES string of the molecule is CCN(Cc1cccc(C)n1)Cc1sccc1Br. The standard InChI is InChI=1S/C14H17BrN2S/c1-3-17(10-14-13(15)7-8-18-14)9-12-6-4-5-11(2)16-12/h4-8H,3,9-10H2,1-2H3. The van der Waals surface area contributed by atoms with E-state index in [9.17, 15) is 0 Å². The Balaban J connectivity index is 2.04. The van der Waals surface area contributed by atoms with Crippen LogP contribution in [-0.2, 0) is 13.1 Å². The van der Waals surface area contributed by atoms with Gasteiger partial charge in [-0.2, -0.15) is 0 Å². The van der Waals surface area contributed by atoms with Gasteiger partial charge in [-0.1, -0.05) is 13.0 Å². The largest absolute Gasteiger partial charge is 0.293 e. The van der Waals surface area contributed by atoms with Crippen molar-refractivity contribution in [2.75, 3.05) is 6.54 Å². The van der Waals surface area contributed by atoms with E-state index >= 15 is 0 Å². The highest BCUT2D eigenvalue weighted by molar-refractivity contribution is 9.10. The monoisotopic (exact) mass is 324 g/mol. The maximum absolute atomic E-state index is 4.56. The molecule has 0 saturated heterocycles. The van der Waals surface area contributed by atoms with E-state index in [4.69, 9.17) is 0 Å². The Bertz CT molecular complexity index is 510. The van der Waals surface area contributed by atoms with E-state index in [2.05, 4.69) is 56.3 Å². The number of halogens is 1. The summed E-state index contributed by atoms with van der Waals surface area (Å²) in [5, 5.41) is 2.12. The second-order valence-electron chi connectivity index (χ2n) is 4.27. The smallest absolute Gasteiger partial charge is 0.0547 e. The third-order valence-electron chi connectivity index (χ3n) is 2.84. The maximum Gasteiger partial charge on any atom is 0.0547 e. The number of aromatic nitrogens is 1. The first-order chi connectivity index (χ1) is 8.69. The molecule has 0 spiro atoms. The van der Waals surface area contributed by atoms with Crippen LogP contribution >= 0.6 is 27.3 Å². The normalized spacial score (nSPS) is 11.1. The van der Waals surface area contributed by atoms with Gasteiger partial charge in [0.25, 0.3) is 0 Å². The van der Waals surface area contributed by atoms with Crippen LogP contribution in [0.4, 0.5) is 0 Å². The molecule has 96 valence electrons. The average Bonchev–Trinajstić information content (AvgIpc) is 2.74. The molecule has 0 radical (unpaired) electrons. The summed E-state index contributed by atoms with van der Waals surface area (Å²) in [6.07, 6.45) is 0. The molecule has 2 aromatic rings. The number of aryl methyl sites for hydroxylation is 1. The molecule has 0 atom stereocenters. The molecule has 0 N–H and O–H groups in total. The molecule has 0 fully saturated rings. The minimum absolute atomic E-state index is 0.905. The predicted octanol–water partition coefficient (Wildman–Crippen LogP) is 4.24. The first-order valence-electron chi connectivity index (χ1n) is 6.05. The van der Waals surface area contributed by atoms with Gasteiger partial charge in [-0.15, -0.1) is 11.3 Å². The van der Waals surface area contributed by atoms with Crippen LogP contribution in [0.25, 0.3) is 0 Å². The van der Waals surface area contributed by atoms with E-state index in [0.29, 0.717) is 0 Å². The van der Waals surface area contributed by atoms with Crippen molar-refractivity contribution >= 4 is 27.3 Å². The van der Waals surface area contributed by atoms with Crippen molar-refractivity contribution < 1.29 is 0 Å². The first-order valence-corrected chi connectivity index (χ1v) is 7.73. The summed E-state index contributed by atoms with van der Waals surface area (Å²) < 4.78 is 1.21. The van der Waals surface area contributed by atoms with Gasteiger partial charge in [0.1, 0.15) is 0 Å². The van der Waals surface area contributed by atoms with Crippen molar-refractivity contribution in [2.24, 2.45) is 0 Å². The lowest BCUT2D eigenvalue weighted by atomic mass is 10.3. The lowest BCUT2D eigenvalue weighted by Gasteiger charge is -2.19. The summed E-state index contributed by atoms with van der Waals surface area (Å²) in [6, 6.07) is 8.32. The fourth-order valence-corrected chi connectivity index (χ4v) is 3.36. The van der Waals surface area contributed by atoms with Crippen molar-refractivity contribution in [2.45, 2.75) is 26.9 Å². The molecule has 2 nitrogen and oxygen atoms in total. The van der Waals surface area contributed by atoms with Gasteiger partial charge in [0.05, 0.1) is 5.69 Å². The van der Waals surface area contributed by atoms with Gasteiger partial charge in [-0.3, -0.25) is 9.88 Å². The van der Waals surface area contributed by atoms with Crippen LogP contribution in [0.15, 0.2) is 34.1 Å². The van der Waals surface area contributed by atoms with Gasteiger partial charge in [0, 0.05) is 28.1 Å². The Morgan fingerprint density at radius 3 is 2.72 bits per heavy atom. The molecule has 0 aromatic carbocycles. The summed E-state index contributed by atoms with van der Waals surface area (Å²) >= 11 is 5.39. The third-order valence-corrected chi connectivity index (χ3v) is 4.75. The van der Waals surface area contributed by atoms with Crippen molar-refractivity contribution in [1.82, 2.24) is 9.88 Å². The Labute approximate surface area is 121 Å². The van der Waals surface area contributed by atoms with E-state index in [1.165, 1.54) is 9.35 Å². The number of nitrogens with zero attached hydrogens (tertiary/aromatic N) is 2. The Hall–Kier alpha value is -0.710. The first kappa shape index (κ1) is 13.7. The van der Waals surface area contributed by atoms with Crippen molar-refractivity contribution in [1.29, 1.82) is 0 Å². The third kappa shape index (κ3) is 3.64. The Morgan fingerprint density at radius 1 is 1.28 bits per heavy atom. The van der Waals surface area contributed by atoms with E-state index in [0.717, 1.165) is 31.0 Å². The van der Waals surface area contributed by atoms with Crippen LogP contribution in [0.5, 0.6) is 0 Å². The summed E-state index contributed by atoms with van der Waals surface area (Å²) in [5.41, 5.74) is 2.23. The van der Waals surface area contributed by atoms with Crippen LogP contribution in [0.3, 0.4) is 0 Å². The summed E-state index contributed by atoms with van der Waals surface area (Å²) in [7, 11) is 0. The molecule has 2 aromatic heterocycles. The van der Waals surface area contributed by atoms with Crippen LogP contribution in [0.2, 0.25) is 0 Å². The maximum atomic E-state index is 4.56. The highest BCUT2D eigenvalue weighted by Crippen LogP contribution is 2.24. The Kier molecular flexibility index (Phi) is 4.92. The lowest BCUT2D eigenvalue weighted by molar-refractivity contribution is 0.270. The number of pyridine rings is 1.